The third kappa shape index (κ3) is 3.55. The van der Waals surface area contributed by atoms with E-state index < -0.39 is 0 Å². The second kappa shape index (κ2) is 7.41. The Hall–Kier alpha value is -2.47. The fraction of sp³-hybridized carbons (Fsp3) is 0.250. The van der Waals surface area contributed by atoms with Gasteiger partial charge in [0.05, 0.1) is 11.1 Å². The minimum absolute atomic E-state index is 0.0482. The third-order valence-electron chi connectivity index (χ3n) is 4.48. The first-order valence-electron chi connectivity index (χ1n) is 8.57. The van der Waals surface area contributed by atoms with Crippen LogP contribution in [0.1, 0.15) is 40.2 Å². The molecule has 1 aliphatic carbocycles. The molecule has 0 atom stereocenters. The molecule has 0 bridgehead atoms. The molecule has 0 spiro atoms. The number of halogens is 1. The molecular weight excluding hydrogens is 396 g/mol. The average molecular weight is 413 g/mol. The molecule has 2 aromatic carbocycles. The van der Waals surface area contributed by atoms with E-state index in [0.717, 1.165) is 22.9 Å². The van der Waals surface area contributed by atoms with Gasteiger partial charge in [0.15, 0.2) is 6.61 Å². The van der Waals surface area contributed by atoms with Crippen LogP contribution in [0.5, 0.6) is 0 Å². The number of esters is 1. The molecular formula is C20H17BrN2O3. The van der Waals surface area contributed by atoms with E-state index >= 15 is 0 Å². The Balaban J connectivity index is 1.43. The highest BCUT2D eigenvalue weighted by molar-refractivity contribution is 9.10. The lowest BCUT2D eigenvalue weighted by molar-refractivity contribution is 0.0438. The molecule has 0 saturated heterocycles. The van der Waals surface area contributed by atoms with Crippen molar-refractivity contribution in [2.75, 3.05) is 0 Å². The minimum Gasteiger partial charge on any atom is -0.452 e. The highest BCUT2D eigenvalue weighted by Crippen LogP contribution is 2.27. The summed E-state index contributed by atoms with van der Waals surface area (Å²) in [6.07, 6.45) is 4.50. The molecule has 1 heterocycles. The third-order valence-corrected chi connectivity index (χ3v) is 5.17. The number of rotatable bonds is 4. The SMILES string of the molecule is O=C(OCc1nnc(-c2ccccc2Br)o1)c1ccc2c(c1)CCCC2. The Bertz CT molecular complexity index is 952. The lowest BCUT2D eigenvalue weighted by Crippen LogP contribution is -2.09. The molecule has 0 saturated carbocycles. The van der Waals surface area contributed by atoms with Crippen molar-refractivity contribution < 1.29 is 13.9 Å². The molecule has 0 aliphatic heterocycles. The normalized spacial score (nSPS) is 13.3. The molecule has 0 amide bonds. The van der Waals surface area contributed by atoms with E-state index in [-0.39, 0.29) is 18.5 Å². The van der Waals surface area contributed by atoms with Crippen molar-refractivity contribution in [2.45, 2.75) is 32.3 Å². The predicted octanol–water partition coefficient (Wildman–Crippen LogP) is 4.73. The number of aromatic nitrogens is 2. The van der Waals surface area contributed by atoms with Gasteiger partial charge in [0, 0.05) is 4.47 Å². The summed E-state index contributed by atoms with van der Waals surface area (Å²) in [5.74, 6) is 0.276. The summed E-state index contributed by atoms with van der Waals surface area (Å²) in [5, 5.41) is 7.97. The first kappa shape index (κ1) is 17.0. The van der Waals surface area contributed by atoms with Crippen LogP contribution in [0, 0.1) is 0 Å². The Morgan fingerprint density at radius 1 is 1.08 bits per heavy atom. The number of carbonyl (C=O) groups is 1. The van der Waals surface area contributed by atoms with Crippen LogP contribution in [0.25, 0.3) is 11.5 Å². The quantitative estimate of drug-likeness (QED) is 0.579. The monoisotopic (exact) mass is 412 g/mol. The van der Waals surface area contributed by atoms with Crippen molar-refractivity contribution in [2.24, 2.45) is 0 Å². The van der Waals surface area contributed by atoms with Crippen LogP contribution in [0.15, 0.2) is 51.4 Å². The molecule has 0 fully saturated rings. The number of hydrogen-bond donors (Lipinski definition) is 0. The van der Waals surface area contributed by atoms with Gasteiger partial charge in [-0.05, 0) is 77.0 Å². The zero-order valence-electron chi connectivity index (χ0n) is 14.1. The van der Waals surface area contributed by atoms with Gasteiger partial charge in [-0.2, -0.15) is 0 Å². The maximum atomic E-state index is 12.3. The van der Waals surface area contributed by atoms with Crippen LogP contribution >= 0.6 is 15.9 Å². The van der Waals surface area contributed by atoms with E-state index in [2.05, 4.69) is 26.1 Å². The van der Waals surface area contributed by atoms with Crippen molar-refractivity contribution >= 4 is 21.9 Å². The predicted molar refractivity (Wildman–Crippen MR) is 99.6 cm³/mol. The number of carbonyl (C=O) groups excluding carboxylic acids is 1. The Morgan fingerprint density at radius 3 is 2.73 bits per heavy atom. The topological polar surface area (TPSA) is 65.2 Å². The standard InChI is InChI=1S/C20H17BrN2O3/c21-17-8-4-3-7-16(17)19-23-22-18(26-19)12-25-20(24)15-10-9-13-5-1-2-6-14(13)11-15/h3-4,7-11H,1-2,5-6,12H2. The summed E-state index contributed by atoms with van der Waals surface area (Å²) < 4.78 is 11.8. The maximum absolute atomic E-state index is 12.3. The highest BCUT2D eigenvalue weighted by atomic mass is 79.9. The fourth-order valence-electron chi connectivity index (χ4n) is 3.13. The van der Waals surface area contributed by atoms with Gasteiger partial charge in [-0.25, -0.2) is 4.79 Å². The summed E-state index contributed by atoms with van der Waals surface area (Å²) in [6.45, 7) is -0.0482. The number of benzene rings is 2. The smallest absolute Gasteiger partial charge is 0.338 e. The van der Waals surface area contributed by atoms with Crippen LogP contribution in [0.4, 0.5) is 0 Å². The van der Waals surface area contributed by atoms with Gasteiger partial charge in [-0.15, -0.1) is 10.2 Å². The van der Waals surface area contributed by atoms with Crippen LogP contribution in [-0.4, -0.2) is 16.2 Å². The number of aryl methyl sites for hydroxylation is 2. The molecule has 3 aromatic rings. The fourth-order valence-corrected chi connectivity index (χ4v) is 3.58. The van der Waals surface area contributed by atoms with Crippen molar-refractivity contribution in [3.63, 3.8) is 0 Å². The van der Waals surface area contributed by atoms with Crippen molar-refractivity contribution in [1.29, 1.82) is 0 Å². The summed E-state index contributed by atoms with van der Waals surface area (Å²) in [4.78, 5) is 12.3. The maximum Gasteiger partial charge on any atom is 0.338 e. The van der Waals surface area contributed by atoms with Crippen LogP contribution in [0.3, 0.4) is 0 Å². The molecule has 132 valence electrons. The summed E-state index contributed by atoms with van der Waals surface area (Å²) in [6, 6.07) is 13.4. The number of ether oxygens (including phenoxy) is 1. The molecule has 5 nitrogen and oxygen atoms in total. The van der Waals surface area contributed by atoms with Crippen LogP contribution in [-0.2, 0) is 24.2 Å². The highest BCUT2D eigenvalue weighted by Gasteiger charge is 2.16. The Labute approximate surface area is 159 Å². The average Bonchev–Trinajstić information content (AvgIpc) is 3.15. The second-order valence-corrected chi connectivity index (χ2v) is 7.10. The van der Waals surface area contributed by atoms with E-state index in [1.165, 1.54) is 24.0 Å². The van der Waals surface area contributed by atoms with E-state index in [1.54, 1.807) is 0 Å². The molecule has 0 N–H and O–H groups in total. The van der Waals surface area contributed by atoms with E-state index in [9.17, 15) is 4.79 Å². The van der Waals surface area contributed by atoms with Crippen molar-refractivity contribution in [3.05, 3.63) is 69.5 Å². The van der Waals surface area contributed by atoms with E-state index in [1.807, 2.05) is 42.5 Å². The van der Waals surface area contributed by atoms with Gasteiger partial charge in [0.2, 0.25) is 5.89 Å². The molecule has 0 radical (unpaired) electrons. The van der Waals surface area contributed by atoms with E-state index in [0.29, 0.717) is 11.5 Å². The molecule has 1 aliphatic rings. The minimum atomic E-state index is -0.376. The largest absolute Gasteiger partial charge is 0.452 e. The lowest BCUT2D eigenvalue weighted by Gasteiger charge is -2.16. The summed E-state index contributed by atoms with van der Waals surface area (Å²) in [5.41, 5.74) is 3.95. The number of nitrogens with zero attached hydrogens (tertiary/aromatic N) is 2. The van der Waals surface area contributed by atoms with Gasteiger partial charge in [-0.1, -0.05) is 18.2 Å². The molecule has 1 aromatic heterocycles. The van der Waals surface area contributed by atoms with E-state index in [4.69, 9.17) is 9.15 Å². The van der Waals surface area contributed by atoms with Gasteiger partial charge in [0.1, 0.15) is 0 Å². The Kier molecular flexibility index (Phi) is 4.84. The Morgan fingerprint density at radius 2 is 1.88 bits per heavy atom. The van der Waals surface area contributed by atoms with Gasteiger partial charge in [-0.3, -0.25) is 0 Å². The number of fused-ring (bicyclic) bond motifs is 1. The van der Waals surface area contributed by atoms with Crippen molar-refractivity contribution in [1.82, 2.24) is 10.2 Å². The van der Waals surface area contributed by atoms with Crippen molar-refractivity contribution in [3.8, 4) is 11.5 Å². The molecule has 4 rings (SSSR count). The summed E-state index contributed by atoms with van der Waals surface area (Å²) in [7, 11) is 0. The zero-order chi connectivity index (χ0) is 17.9. The van der Waals surface area contributed by atoms with Crippen LogP contribution < -0.4 is 0 Å². The first-order valence-corrected chi connectivity index (χ1v) is 9.36. The second-order valence-electron chi connectivity index (χ2n) is 6.25. The number of hydrogen-bond acceptors (Lipinski definition) is 5. The zero-order valence-corrected chi connectivity index (χ0v) is 15.7. The molecule has 0 unspecified atom stereocenters. The lowest BCUT2D eigenvalue weighted by atomic mass is 9.90. The molecule has 26 heavy (non-hydrogen) atoms. The van der Waals surface area contributed by atoms with Gasteiger partial charge in [0.25, 0.3) is 5.89 Å². The van der Waals surface area contributed by atoms with Gasteiger partial charge < -0.3 is 9.15 Å². The molecule has 6 heteroatoms. The van der Waals surface area contributed by atoms with Crippen LogP contribution in [0.2, 0.25) is 0 Å². The van der Waals surface area contributed by atoms with Gasteiger partial charge >= 0.3 is 5.97 Å². The summed E-state index contributed by atoms with van der Waals surface area (Å²) >= 11 is 3.45. The first-order chi connectivity index (χ1) is 12.7.